The van der Waals surface area contributed by atoms with E-state index in [1.165, 1.54) is 12.8 Å². The number of carbonyl (C=O) groups is 1. The Morgan fingerprint density at radius 3 is 2.76 bits per heavy atom. The molecule has 1 fully saturated rings. The minimum Gasteiger partial charge on any atom is -0.496 e. The summed E-state index contributed by atoms with van der Waals surface area (Å²) in [5.41, 5.74) is 2.86. The molecule has 1 aliphatic heterocycles. The molecule has 0 unspecified atom stereocenters. The van der Waals surface area contributed by atoms with E-state index in [0.29, 0.717) is 18.8 Å². The number of rotatable bonds is 6. The molecule has 0 atom stereocenters. The smallest absolute Gasteiger partial charge is 0.138 e. The van der Waals surface area contributed by atoms with Crippen molar-refractivity contribution in [1.82, 2.24) is 10.3 Å². The molecule has 0 spiro atoms. The highest BCUT2D eigenvalue weighted by atomic mass is 16.5. The fourth-order valence-electron chi connectivity index (χ4n) is 3.06. The number of ketones is 1. The van der Waals surface area contributed by atoms with Crippen LogP contribution in [0.25, 0.3) is 0 Å². The molecule has 0 bridgehead atoms. The van der Waals surface area contributed by atoms with Gasteiger partial charge in [0.25, 0.3) is 0 Å². The number of piperidine rings is 1. The molecule has 4 nitrogen and oxygen atoms in total. The summed E-state index contributed by atoms with van der Waals surface area (Å²) in [6, 6.07) is 0. The van der Waals surface area contributed by atoms with E-state index in [9.17, 15) is 4.79 Å². The molecule has 1 aromatic rings. The van der Waals surface area contributed by atoms with Gasteiger partial charge in [0.1, 0.15) is 11.5 Å². The standard InChI is InChI=1S/C17H26N2O2/c1-12-11-19-16(13(2)17(12)21-3)10-15(20)5-4-14-6-8-18-9-7-14/h11,14,18H,4-10H2,1-3H3. The van der Waals surface area contributed by atoms with Crippen molar-refractivity contribution in [3.8, 4) is 5.75 Å². The largest absolute Gasteiger partial charge is 0.496 e. The van der Waals surface area contributed by atoms with Crippen molar-refractivity contribution in [2.45, 2.75) is 46.0 Å². The summed E-state index contributed by atoms with van der Waals surface area (Å²) in [6.45, 7) is 6.14. The third kappa shape index (κ3) is 4.27. The van der Waals surface area contributed by atoms with Gasteiger partial charge in [-0.2, -0.15) is 0 Å². The Labute approximate surface area is 127 Å². The SMILES string of the molecule is COc1c(C)cnc(CC(=O)CCC2CCNCC2)c1C. The molecule has 21 heavy (non-hydrogen) atoms. The van der Waals surface area contributed by atoms with Crippen molar-refractivity contribution >= 4 is 5.78 Å². The lowest BCUT2D eigenvalue weighted by Gasteiger charge is -2.22. The van der Waals surface area contributed by atoms with E-state index in [-0.39, 0.29) is 5.78 Å². The third-order valence-electron chi connectivity index (χ3n) is 4.40. The molecule has 1 saturated heterocycles. The second-order valence-corrected chi connectivity index (χ2v) is 5.99. The van der Waals surface area contributed by atoms with Gasteiger partial charge in [-0.05, 0) is 52.1 Å². The van der Waals surface area contributed by atoms with Crippen molar-refractivity contribution in [3.05, 3.63) is 23.0 Å². The maximum Gasteiger partial charge on any atom is 0.138 e. The van der Waals surface area contributed by atoms with E-state index in [1.807, 2.05) is 13.8 Å². The maximum atomic E-state index is 12.2. The van der Waals surface area contributed by atoms with Crippen molar-refractivity contribution in [3.63, 3.8) is 0 Å². The van der Waals surface area contributed by atoms with Gasteiger partial charge < -0.3 is 10.1 Å². The Balaban J connectivity index is 1.90. The topological polar surface area (TPSA) is 51.2 Å². The highest BCUT2D eigenvalue weighted by molar-refractivity contribution is 5.81. The van der Waals surface area contributed by atoms with Crippen molar-refractivity contribution in [2.24, 2.45) is 5.92 Å². The van der Waals surface area contributed by atoms with Gasteiger partial charge in [0, 0.05) is 30.2 Å². The lowest BCUT2D eigenvalue weighted by atomic mass is 9.91. The van der Waals surface area contributed by atoms with Crippen molar-refractivity contribution < 1.29 is 9.53 Å². The third-order valence-corrected chi connectivity index (χ3v) is 4.40. The van der Waals surface area contributed by atoms with E-state index in [4.69, 9.17) is 4.74 Å². The van der Waals surface area contributed by atoms with Gasteiger partial charge in [0.15, 0.2) is 0 Å². The zero-order valence-electron chi connectivity index (χ0n) is 13.4. The van der Waals surface area contributed by atoms with E-state index in [1.54, 1.807) is 13.3 Å². The summed E-state index contributed by atoms with van der Waals surface area (Å²) in [4.78, 5) is 16.6. The Kier molecular flexibility index (Phi) is 5.74. The number of methoxy groups -OCH3 is 1. The number of hydrogen-bond acceptors (Lipinski definition) is 4. The number of Topliss-reactive ketones (excluding diaryl/α,β-unsaturated/α-hetero) is 1. The maximum absolute atomic E-state index is 12.2. The van der Waals surface area contributed by atoms with Gasteiger partial charge in [-0.1, -0.05) is 0 Å². The number of ether oxygens (including phenoxy) is 1. The van der Waals surface area contributed by atoms with Crippen LogP contribution in [-0.2, 0) is 11.2 Å². The van der Waals surface area contributed by atoms with Gasteiger partial charge in [-0.25, -0.2) is 0 Å². The molecule has 1 aromatic heterocycles. The van der Waals surface area contributed by atoms with Crippen molar-refractivity contribution in [2.75, 3.05) is 20.2 Å². The number of aryl methyl sites for hydroxylation is 1. The fraction of sp³-hybridized carbons (Fsp3) is 0.647. The average Bonchev–Trinajstić information content (AvgIpc) is 2.50. The van der Waals surface area contributed by atoms with Gasteiger partial charge in [0.2, 0.25) is 0 Å². The number of hydrogen-bond donors (Lipinski definition) is 1. The highest BCUT2D eigenvalue weighted by Crippen LogP contribution is 2.25. The van der Waals surface area contributed by atoms with Crippen LogP contribution in [0.5, 0.6) is 5.75 Å². The zero-order chi connectivity index (χ0) is 15.2. The molecular weight excluding hydrogens is 264 g/mol. The molecule has 116 valence electrons. The van der Waals surface area contributed by atoms with E-state index in [0.717, 1.165) is 42.1 Å². The number of pyridine rings is 1. The zero-order valence-corrected chi connectivity index (χ0v) is 13.4. The predicted molar refractivity (Wildman–Crippen MR) is 83.8 cm³/mol. The normalized spacial score (nSPS) is 16.0. The van der Waals surface area contributed by atoms with Crippen LogP contribution in [-0.4, -0.2) is 31.0 Å². The van der Waals surface area contributed by atoms with Crippen LogP contribution in [0.15, 0.2) is 6.20 Å². The number of carbonyl (C=O) groups excluding carboxylic acids is 1. The molecule has 2 rings (SSSR count). The summed E-state index contributed by atoms with van der Waals surface area (Å²) in [7, 11) is 1.66. The molecule has 4 heteroatoms. The second kappa shape index (κ2) is 7.55. The van der Waals surface area contributed by atoms with Crippen molar-refractivity contribution in [1.29, 1.82) is 0 Å². The minimum atomic E-state index is 0.287. The van der Waals surface area contributed by atoms with E-state index in [2.05, 4.69) is 10.3 Å². The molecule has 1 N–H and O–H groups in total. The lowest BCUT2D eigenvalue weighted by molar-refractivity contribution is -0.118. The number of nitrogens with zero attached hydrogens (tertiary/aromatic N) is 1. The molecule has 0 aliphatic carbocycles. The molecule has 1 aliphatic rings. The number of aromatic nitrogens is 1. The molecule has 0 radical (unpaired) electrons. The van der Waals surface area contributed by atoms with E-state index < -0.39 is 0 Å². The van der Waals surface area contributed by atoms with Crippen LogP contribution < -0.4 is 10.1 Å². The quantitative estimate of drug-likeness (QED) is 0.875. The summed E-state index contributed by atoms with van der Waals surface area (Å²) in [5, 5.41) is 3.36. The highest BCUT2D eigenvalue weighted by Gasteiger charge is 2.16. The van der Waals surface area contributed by atoms with Gasteiger partial charge in [-0.3, -0.25) is 9.78 Å². The minimum absolute atomic E-state index is 0.287. The van der Waals surface area contributed by atoms with Crippen LogP contribution in [0.4, 0.5) is 0 Å². The summed E-state index contributed by atoms with van der Waals surface area (Å²) >= 11 is 0. The Morgan fingerprint density at radius 2 is 2.10 bits per heavy atom. The fourth-order valence-corrected chi connectivity index (χ4v) is 3.06. The van der Waals surface area contributed by atoms with Crippen LogP contribution >= 0.6 is 0 Å². The second-order valence-electron chi connectivity index (χ2n) is 5.99. The molecule has 0 saturated carbocycles. The first-order valence-electron chi connectivity index (χ1n) is 7.83. The monoisotopic (exact) mass is 290 g/mol. The first kappa shape index (κ1) is 16.0. The van der Waals surface area contributed by atoms with E-state index >= 15 is 0 Å². The van der Waals surface area contributed by atoms with Gasteiger partial charge in [-0.15, -0.1) is 0 Å². The number of nitrogens with one attached hydrogen (secondary N) is 1. The van der Waals surface area contributed by atoms with Crippen LogP contribution in [0.1, 0.15) is 42.5 Å². The molecule has 0 aromatic carbocycles. The van der Waals surface area contributed by atoms with Gasteiger partial charge in [0.05, 0.1) is 12.8 Å². The summed E-state index contributed by atoms with van der Waals surface area (Å²) < 4.78 is 5.39. The Morgan fingerprint density at radius 1 is 1.38 bits per heavy atom. The Bertz CT molecular complexity index is 494. The molecule has 2 heterocycles. The lowest BCUT2D eigenvalue weighted by Crippen LogP contribution is -2.28. The Hall–Kier alpha value is -1.42. The first-order chi connectivity index (χ1) is 10.1. The summed E-state index contributed by atoms with van der Waals surface area (Å²) in [5.74, 6) is 1.85. The predicted octanol–water partition coefficient (Wildman–Crippen LogP) is 2.60. The van der Waals surface area contributed by atoms with Crippen LogP contribution in [0, 0.1) is 19.8 Å². The average molecular weight is 290 g/mol. The molecular formula is C17H26N2O2. The van der Waals surface area contributed by atoms with Gasteiger partial charge >= 0.3 is 0 Å². The van der Waals surface area contributed by atoms with Crippen LogP contribution in [0.2, 0.25) is 0 Å². The van der Waals surface area contributed by atoms with Crippen LogP contribution in [0.3, 0.4) is 0 Å². The first-order valence-corrected chi connectivity index (χ1v) is 7.83. The molecule has 0 amide bonds. The summed E-state index contributed by atoms with van der Waals surface area (Å²) in [6.07, 6.45) is 6.30.